The largest absolute Gasteiger partial charge is 0.452 e. The lowest BCUT2D eigenvalue weighted by Gasteiger charge is -2.26. The number of esters is 1. The van der Waals surface area contributed by atoms with E-state index in [4.69, 9.17) is 16.3 Å². The van der Waals surface area contributed by atoms with Gasteiger partial charge in [-0.1, -0.05) is 17.7 Å². The van der Waals surface area contributed by atoms with Crippen LogP contribution in [0.15, 0.2) is 24.3 Å². The summed E-state index contributed by atoms with van der Waals surface area (Å²) in [5, 5.41) is 0.143. The first-order valence-corrected chi connectivity index (χ1v) is 10.2. The van der Waals surface area contributed by atoms with Crippen LogP contribution in [0.2, 0.25) is 5.02 Å². The molecule has 1 atom stereocenters. The van der Waals surface area contributed by atoms with Crippen molar-refractivity contribution in [3.05, 3.63) is 40.7 Å². The van der Waals surface area contributed by atoms with Crippen LogP contribution in [0.3, 0.4) is 0 Å². The third-order valence-electron chi connectivity index (χ3n) is 4.03. The highest BCUT2D eigenvalue weighted by atomic mass is 35.5. The summed E-state index contributed by atoms with van der Waals surface area (Å²) >= 11 is 5.84. The van der Waals surface area contributed by atoms with Gasteiger partial charge in [-0.05, 0) is 31.6 Å². The molecule has 6 nitrogen and oxygen atoms in total. The molecule has 0 radical (unpaired) electrons. The van der Waals surface area contributed by atoms with Crippen LogP contribution in [0.25, 0.3) is 6.08 Å². The van der Waals surface area contributed by atoms with E-state index in [9.17, 15) is 22.4 Å². The zero-order valence-corrected chi connectivity index (χ0v) is 15.7. The van der Waals surface area contributed by atoms with Gasteiger partial charge in [0.15, 0.2) is 16.4 Å². The van der Waals surface area contributed by atoms with Gasteiger partial charge >= 0.3 is 5.97 Å². The van der Waals surface area contributed by atoms with Gasteiger partial charge in [-0.15, -0.1) is 0 Å². The monoisotopic (exact) mass is 403 g/mol. The fourth-order valence-corrected chi connectivity index (χ4v) is 4.70. The molecule has 1 fully saturated rings. The number of halogens is 2. The van der Waals surface area contributed by atoms with Gasteiger partial charge in [0.2, 0.25) is 0 Å². The molecule has 0 saturated carbocycles. The molecule has 1 amide bonds. The van der Waals surface area contributed by atoms with Gasteiger partial charge in [0.25, 0.3) is 5.91 Å². The number of ether oxygens (including phenoxy) is 1. The molecule has 0 unspecified atom stereocenters. The Hall–Kier alpha value is -1.93. The Balaban J connectivity index is 1.91. The summed E-state index contributed by atoms with van der Waals surface area (Å²) < 4.78 is 41.6. The van der Waals surface area contributed by atoms with Gasteiger partial charge in [0, 0.05) is 24.2 Å². The van der Waals surface area contributed by atoms with Crippen LogP contribution in [0.1, 0.15) is 18.9 Å². The number of rotatable bonds is 6. The minimum atomic E-state index is -3.12. The first-order valence-electron chi connectivity index (χ1n) is 8.02. The van der Waals surface area contributed by atoms with E-state index in [1.165, 1.54) is 29.2 Å². The zero-order valence-electron chi connectivity index (χ0n) is 14.2. The van der Waals surface area contributed by atoms with Crippen molar-refractivity contribution in [1.82, 2.24) is 4.90 Å². The Morgan fingerprint density at radius 3 is 2.73 bits per heavy atom. The number of carbonyl (C=O) groups is 2. The SMILES string of the molecule is CCN(C(=O)COC(=O)/C=C/c1c(F)cccc1Cl)[C@@H]1CCS(=O)(=O)C1. The fraction of sp³-hybridized carbons (Fsp3) is 0.412. The minimum Gasteiger partial charge on any atom is -0.452 e. The van der Waals surface area contributed by atoms with Crippen LogP contribution in [-0.4, -0.2) is 55.9 Å². The molecule has 9 heteroatoms. The van der Waals surface area contributed by atoms with Crippen molar-refractivity contribution in [2.75, 3.05) is 24.7 Å². The quantitative estimate of drug-likeness (QED) is 0.536. The average Bonchev–Trinajstić information content (AvgIpc) is 2.93. The van der Waals surface area contributed by atoms with E-state index in [1.54, 1.807) is 6.92 Å². The van der Waals surface area contributed by atoms with Crippen molar-refractivity contribution in [3.63, 3.8) is 0 Å². The maximum atomic E-state index is 13.6. The van der Waals surface area contributed by atoms with Gasteiger partial charge in [0.1, 0.15) is 5.82 Å². The predicted molar refractivity (Wildman–Crippen MR) is 95.8 cm³/mol. The lowest BCUT2D eigenvalue weighted by Crippen LogP contribution is -2.43. The standard InChI is InChI=1S/C17H19ClFNO5S/c1-2-20(12-8-9-26(23,24)11-12)16(21)10-25-17(22)7-6-13-14(18)4-3-5-15(13)19/h3-7,12H,2,8-11H2,1H3/b7-6+/t12-/m1/s1. The average molecular weight is 404 g/mol. The summed E-state index contributed by atoms with van der Waals surface area (Å²) in [6.07, 6.45) is 2.53. The van der Waals surface area contributed by atoms with E-state index in [2.05, 4.69) is 0 Å². The maximum Gasteiger partial charge on any atom is 0.331 e. The Labute approximate surface area is 156 Å². The smallest absolute Gasteiger partial charge is 0.331 e. The molecular formula is C17H19ClFNO5S. The van der Waals surface area contributed by atoms with E-state index < -0.39 is 40.2 Å². The molecule has 1 aliphatic heterocycles. The number of likely N-dealkylation sites (N-methyl/N-ethyl adjacent to an activating group) is 1. The molecule has 0 bridgehead atoms. The van der Waals surface area contributed by atoms with Crippen molar-refractivity contribution in [3.8, 4) is 0 Å². The normalized spacial score (nSPS) is 18.8. The molecule has 2 rings (SSSR count). The molecule has 0 N–H and O–H groups in total. The molecule has 0 aliphatic carbocycles. The fourth-order valence-electron chi connectivity index (χ4n) is 2.74. The van der Waals surface area contributed by atoms with Gasteiger partial charge in [-0.25, -0.2) is 17.6 Å². The molecule has 1 aliphatic rings. The first kappa shape index (κ1) is 20.4. The summed E-state index contributed by atoms with van der Waals surface area (Å²) in [5.74, 6) is -1.91. The number of benzene rings is 1. The Bertz CT molecular complexity index is 804. The van der Waals surface area contributed by atoms with Gasteiger partial charge < -0.3 is 9.64 Å². The third kappa shape index (κ3) is 5.28. The Morgan fingerprint density at radius 1 is 1.42 bits per heavy atom. The lowest BCUT2D eigenvalue weighted by molar-refractivity contribution is -0.149. The van der Waals surface area contributed by atoms with Crippen LogP contribution >= 0.6 is 11.6 Å². The van der Waals surface area contributed by atoms with Crippen molar-refractivity contribution < 1.29 is 27.1 Å². The third-order valence-corrected chi connectivity index (χ3v) is 6.11. The summed E-state index contributed by atoms with van der Waals surface area (Å²) in [6, 6.07) is 3.72. The molecule has 0 spiro atoms. The summed E-state index contributed by atoms with van der Waals surface area (Å²) in [4.78, 5) is 25.3. The second kappa shape index (κ2) is 8.64. The van der Waals surface area contributed by atoms with Crippen LogP contribution in [0, 0.1) is 5.82 Å². The summed E-state index contributed by atoms with van der Waals surface area (Å²) in [6.45, 7) is 1.53. The van der Waals surface area contributed by atoms with E-state index in [1.807, 2.05) is 0 Å². The molecule has 1 saturated heterocycles. The van der Waals surface area contributed by atoms with Crippen LogP contribution in [0.4, 0.5) is 4.39 Å². The first-order chi connectivity index (χ1) is 12.2. The van der Waals surface area contributed by atoms with Crippen LogP contribution < -0.4 is 0 Å². The molecule has 0 aromatic heterocycles. The molecule has 26 heavy (non-hydrogen) atoms. The highest BCUT2D eigenvalue weighted by Crippen LogP contribution is 2.20. The number of hydrogen-bond acceptors (Lipinski definition) is 5. The number of sulfone groups is 1. The predicted octanol–water partition coefficient (Wildman–Crippen LogP) is 2.07. The second-order valence-corrected chi connectivity index (χ2v) is 8.45. The van der Waals surface area contributed by atoms with Crippen LogP contribution in [-0.2, 0) is 24.2 Å². The maximum absolute atomic E-state index is 13.6. The second-order valence-electron chi connectivity index (χ2n) is 5.81. The Kier molecular flexibility index (Phi) is 6.77. The van der Waals surface area contributed by atoms with Crippen LogP contribution in [0.5, 0.6) is 0 Å². The van der Waals surface area contributed by atoms with Crippen molar-refractivity contribution in [2.24, 2.45) is 0 Å². The van der Waals surface area contributed by atoms with Gasteiger partial charge in [0.05, 0.1) is 16.5 Å². The topological polar surface area (TPSA) is 80.8 Å². The summed E-state index contributed by atoms with van der Waals surface area (Å²) in [5.41, 5.74) is 0.0452. The highest BCUT2D eigenvalue weighted by molar-refractivity contribution is 7.91. The van der Waals surface area contributed by atoms with E-state index >= 15 is 0 Å². The number of nitrogens with zero attached hydrogens (tertiary/aromatic N) is 1. The van der Waals surface area contributed by atoms with E-state index in [-0.39, 0.29) is 22.1 Å². The van der Waals surface area contributed by atoms with Crippen molar-refractivity contribution in [2.45, 2.75) is 19.4 Å². The van der Waals surface area contributed by atoms with E-state index in [0.717, 1.165) is 6.08 Å². The molecule has 1 aromatic carbocycles. The lowest BCUT2D eigenvalue weighted by atomic mass is 10.2. The number of amides is 1. The zero-order chi connectivity index (χ0) is 19.3. The molecular weight excluding hydrogens is 385 g/mol. The van der Waals surface area contributed by atoms with Gasteiger partial charge in [-0.3, -0.25) is 4.79 Å². The highest BCUT2D eigenvalue weighted by Gasteiger charge is 2.34. The number of carbonyl (C=O) groups excluding carboxylic acids is 2. The van der Waals surface area contributed by atoms with Gasteiger partial charge in [-0.2, -0.15) is 0 Å². The van der Waals surface area contributed by atoms with Crippen molar-refractivity contribution in [1.29, 1.82) is 0 Å². The number of hydrogen-bond donors (Lipinski definition) is 0. The van der Waals surface area contributed by atoms with E-state index in [0.29, 0.717) is 13.0 Å². The summed E-state index contributed by atoms with van der Waals surface area (Å²) in [7, 11) is -3.12. The molecule has 1 aromatic rings. The molecule has 142 valence electrons. The van der Waals surface area contributed by atoms with Crippen molar-refractivity contribution >= 4 is 39.4 Å². The molecule has 1 heterocycles. The minimum absolute atomic E-state index is 0.0452. The Morgan fingerprint density at radius 2 is 2.15 bits per heavy atom.